The summed E-state index contributed by atoms with van der Waals surface area (Å²) in [5.74, 6) is -2.36. The molecule has 0 radical (unpaired) electrons. The lowest BCUT2D eigenvalue weighted by molar-refractivity contribution is -0.182. The lowest BCUT2D eigenvalue weighted by atomic mass is 9.88. The Morgan fingerprint density at radius 3 is 1.68 bits per heavy atom. The SMILES string of the molecule is CC1=CCC(C(F)(F)F)CC1.O=C1CCC(C(F)(F)F)CC1. The molecule has 1 atom stereocenters. The summed E-state index contributed by atoms with van der Waals surface area (Å²) in [6.45, 7) is 1.88. The van der Waals surface area contributed by atoms with Crippen molar-refractivity contribution in [2.75, 3.05) is 0 Å². The van der Waals surface area contributed by atoms with Crippen molar-refractivity contribution >= 4 is 5.78 Å². The van der Waals surface area contributed by atoms with Crippen molar-refractivity contribution in [2.45, 2.75) is 64.2 Å². The molecule has 0 aromatic rings. The number of carbonyl (C=O) groups is 1. The fraction of sp³-hybridized carbons (Fsp3) is 0.800. The van der Waals surface area contributed by atoms with Crippen molar-refractivity contribution in [3.05, 3.63) is 11.6 Å². The molecule has 0 N–H and O–H groups in total. The second-order valence-corrected chi connectivity index (χ2v) is 5.92. The average molecular weight is 330 g/mol. The molecule has 1 nitrogen and oxygen atoms in total. The van der Waals surface area contributed by atoms with Crippen LogP contribution in [0.2, 0.25) is 0 Å². The van der Waals surface area contributed by atoms with Crippen LogP contribution in [0.3, 0.4) is 0 Å². The molecule has 7 heteroatoms. The van der Waals surface area contributed by atoms with Gasteiger partial charge in [-0.15, -0.1) is 0 Å². The van der Waals surface area contributed by atoms with E-state index in [0.29, 0.717) is 6.42 Å². The summed E-state index contributed by atoms with van der Waals surface area (Å²) in [7, 11) is 0. The average Bonchev–Trinajstić information content (AvgIpc) is 2.38. The summed E-state index contributed by atoms with van der Waals surface area (Å²) >= 11 is 0. The van der Waals surface area contributed by atoms with Crippen LogP contribution in [0.25, 0.3) is 0 Å². The van der Waals surface area contributed by atoms with Crippen LogP contribution in [0.5, 0.6) is 0 Å². The van der Waals surface area contributed by atoms with Crippen LogP contribution in [0, 0.1) is 11.8 Å². The number of carbonyl (C=O) groups excluding carboxylic acids is 1. The van der Waals surface area contributed by atoms with E-state index < -0.39 is 24.2 Å². The molecule has 0 heterocycles. The predicted molar refractivity (Wildman–Crippen MR) is 70.2 cm³/mol. The van der Waals surface area contributed by atoms with E-state index in [-0.39, 0.29) is 44.3 Å². The van der Waals surface area contributed by atoms with E-state index in [4.69, 9.17) is 0 Å². The van der Waals surface area contributed by atoms with E-state index in [1.54, 1.807) is 6.08 Å². The van der Waals surface area contributed by atoms with Gasteiger partial charge in [0, 0.05) is 12.8 Å². The highest BCUT2D eigenvalue weighted by molar-refractivity contribution is 5.79. The van der Waals surface area contributed by atoms with Crippen molar-refractivity contribution in [3.8, 4) is 0 Å². The van der Waals surface area contributed by atoms with E-state index >= 15 is 0 Å². The summed E-state index contributed by atoms with van der Waals surface area (Å²) in [4.78, 5) is 10.6. The van der Waals surface area contributed by atoms with E-state index in [1.165, 1.54) is 0 Å². The molecule has 0 saturated heterocycles. The minimum absolute atomic E-state index is 0.0116. The van der Waals surface area contributed by atoms with Crippen LogP contribution in [0.1, 0.15) is 51.9 Å². The van der Waals surface area contributed by atoms with E-state index in [2.05, 4.69) is 0 Å². The fourth-order valence-electron chi connectivity index (χ4n) is 2.53. The van der Waals surface area contributed by atoms with Gasteiger partial charge in [-0.25, -0.2) is 0 Å². The topological polar surface area (TPSA) is 17.1 Å². The van der Waals surface area contributed by atoms with Gasteiger partial charge in [-0.3, -0.25) is 4.79 Å². The zero-order valence-corrected chi connectivity index (χ0v) is 12.4. The Morgan fingerprint density at radius 1 is 0.864 bits per heavy atom. The molecule has 1 saturated carbocycles. The first kappa shape index (κ1) is 19.0. The zero-order valence-electron chi connectivity index (χ0n) is 12.4. The van der Waals surface area contributed by atoms with Crippen LogP contribution in [-0.4, -0.2) is 18.1 Å². The standard InChI is InChI=1S/C8H11F3.C7H9F3O/c1-6-2-4-7(5-3-6)8(9,10)11;8-7(9,10)5-1-3-6(11)4-2-5/h2,7H,3-5H2,1H3;5H,1-4H2. The zero-order chi connectivity index (χ0) is 17.0. The molecule has 2 rings (SSSR count). The van der Waals surface area contributed by atoms with E-state index in [9.17, 15) is 31.1 Å². The first-order valence-electron chi connectivity index (χ1n) is 7.31. The van der Waals surface area contributed by atoms with Crippen LogP contribution in [0.15, 0.2) is 11.6 Å². The normalized spacial score (nSPS) is 24.4. The maximum absolute atomic E-state index is 12.0. The van der Waals surface area contributed by atoms with Gasteiger partial charge in [0.15, 0.2) is 0 Å². The first-order chi connectivity index (χ1) is 10.00. The summed E-state index contributed by atoms with van der Waals surface area (Å²) in [6, 6.07) is 0. The maximum Gasteiger partial charge on any atom is 0.392 e. The van der Waals surface area contributed by atoms with Gasteiger partial charge in [-0.1, -0.05) is 11.6 Å². The van der Waals surface area contributed by atoms with Crippen molar-refractivity contribution in [1.29, 1.82) is 0 Å². The Labute approximate surface area is 125 Å². The number of allylic oxidation sites excluding steroid dienone is 2. The molecule has 22 heavy (non-hydrogen) atoms. The van der Waals surface area contributed by atoms with Crippen molar-refractivity contribution in [2.24, 2.45) is 11.8 Å². The van der Waals surface area contributed by atoms with Gasteiger partial charge in [-0.2, -0.15) is 26.3 Å². The number of Topliss-reactive ketones (excluding diaryl/α,β-unsaturated/α-hetero) is 1. The predicted octanol–water partition coefficient (Wildman–Crippen LogP) is 5.60. The highest BCUT2D eigenvalue weighted by Gasteiger charge is 2.41. The van der Waals surface area contributed by atoms with Gasteiger partial charge in [0.05, 0.1) is 11.8 Å². The number of halogens is 6. The van der Waals surface area contributed by atoms with Crippen molar-refractivity contribution < 1.29 is 31.1 Å². The largest absolute Gasteiger partial charge is 0.392 e. The molecule has 0 bridgehead atoms. The molecule has 0 amide bonds. The molecule has 0 spiro atoms. The van der Waals surface area contributed by atoms with Crippen molar-refractivity contribution in [3.63, 3.8) is 0 Å². The van der Waals surface area contributed by atoms with E-state index in [0.717, 1.165) is 5.57 Å². The fourth-order valence-corrected chi connectivity index (χ4v) is 2.53. The van der Waals surface area contributed by atoms with Gasteiger partial charge in [0.1, 0.15) is 5.78 Å². The maximum atomic E-state index is 12.0. The number of hydrogen-bond acceptors (Lipinski definition) is 1. The minimum atomic E-state index is -4.10. The highest BCUT2D eigenvalue weighted by atomic mass is 19.4. The van der Waals surface area contributed by atoms with Gasteiger partial charge in [0.25, 0.3) is 0 Å². The lowest BCUT2D eigenvalue weighted by Gasteiger charge is -2.22. The summed E-state index contributed by atoms with van der Waals surface area (Å²) < 4.78 is 72.0. The van der Waals surface area contributed by atoms with Crippen molar-refractivity contribution in [1.82, 2.24) is 0 Å². The Balaban J connectivity index is 0.000000220. The first-order valence-corrected chi connectivity index (χ1v) is 7.31. The Bertz CT molecular complexity index is 397. The molecule has 0 aromatic carbocycles. The third kappa shape index (κ3) is 6.40. The molecule has 0 aliphatic heterocycles. The number of ketones is 1. The van der Waals surface area contributed by atoms with Gasteiger partial charge in [-0.05, 0) is 39.0 Å². The van der Waals surface area contributed by atoms with Crippen LogP contribution in [-0.2, 0) is 4.79 Å². The molecule has 0 aromatic heterocycles. The monoisotopic (exact) mass is 330 g/mol. The third-order valence-corrected chi connectivity index (χ3v) is 4.11. The second-order valence-electron chi connectivity index (χ2n) is 5.92. The summed E-state index contributed by atoms with van der Waals surface area (Å²) in [5.41, 5.74) is 1.09. The molecule has 2 aliphatic rings. The highest BCUT2D eigenvalue weighted by Crippen LogP contribution is 2.37. The molecular formula is C15H20F6O. The van der Waals surface area contributed by atoms with Crippen LogP contribution in [0.4, 0.5) is 26.3 Å². The molecule has 2 aliphatic carbocycles. The smallest absolute Gasteiger partial charge is 0.300 e. The van der Waals surface area contributed by atoms with Gasteiger partial charge < -0.3 is 0 Å². The minimum Gasteiger partial charge on any atom is -0.300 e. The van der Waals surface area contributed by atoms with Crippen LogP contribution >= 0.6 is 0 Å². The number of alkyl halides is 6. The Morgan fingerprint density at radius 2 is 1.32 bits per heavy atom. The van der Waals surface area contributed by atoms with Gasteiger partial charge >= 0.3 is 12.4 Å². The molecule has 128 valence electrons. The van der Waals surface area contributed by atoms with Crippen LogP contribution < -0.4 is 0 Å². The lowest BCUT2D eigenvalue weighted by Crippen LogP contribution is -2.27. The number of hydrogen-bond donors (Lipinski definition) is 0. The summed E-state index contributed by atoms with van der Waals surface area (Å²) in [6.07, 6.45) is -5.16. The second kappa shape index (κ2) is 7.51. The Hall–Kier alpha value is -1.01. The molecule has 1 fully saturated rings. The quantitative estimate of drug-likeness (QED) is 0.417. The molecular weight excluding hydrogens is 310 g/mol. The van der Waals surface area contributed by atoms with E-state index in [1.807, 2.05) is 6.92 Å². The third-order valence-electron chi connectivity index (χ3n) is 4.11. The van der Waals surface area contributed by atoms with Gasteiger partial charge in [0.2, 0.25) is 0 Å². The number of rotatable bonds is 0. The Kier molecular flexibility index (Phi) is 6.50. The summed E-state index contributed by atoms with van der Waals surface area (Å²) in [5, 5.41) is 0. The molecule has 1 unspecified atom stereocenters.